The van der Waals surface area contributed by atoms with E-state index in [2.05, 4.69) is 21.5 Å². The molecule has 3 amide bonds. The molecule has 4 rings (SSSR count). The first-order valence-electron chi connectivity index (χ1n) is 9.98. The van der Waals surface area contributed by atoms with Crippen LogP contribution in [0.15, 0.2) is 42.5 Å². The third kappa shape index (κ3) is 5.10. The molecule has 3 aromatic rings. The number of hydrogen-bond acceptors (Lipinski definition) is 4. The van der Waals surface area contributed by atoms with E-state index in [1.807, 2.05) is 10.6 Å². The van der Waals surface area contributed by atoms with Gasteiger partial charge in [0.2, 0.25) is 0 Å². The van der Waals surface area contributed by atoms with Crippen molar-refractivity contribution in [2.24, 2.45) is 0 Å². The van der Waals surface area contributed by atoms with E-state index in [1.165, 1.54) is 0 Å². The van der Waals surface area contributed by atoms with Gasteiger partial charge < -0.3 is 15.2 Å². The lowest BCUT2D eigenvalue weighted by molar-refractivity contribution is -0.122. The molecule has 4 N–H and O–H groups in total. The highest BCUT2D eigenvalue weighted by Crippen LogP contribution is 2.32. The summed E-state index contributed by atoms with van der Waals surface area (Å²) in [6.45, 7) is 1.77. The molecule has 10 heteroatoms. The fourth-order valence-corrected chi connectivity index (χ4v) is 4.01. The van der Waals surface area contributed by atoms with Gasteiger partial charge in [-0.15, -0.1) is 0 Å². The number of carbonyl (C=O) groups is 2. The molecule has 0 unspecified atom stereocenters. The molecule has 0 bridgehead atoms. The maximum Gasteiger partial charge on any atom is 0.337 e. The second-order valence-corrected chi connectivity index (χ2v) is 8.14. The van der Waals surface area contributed by atoms with Gasteiger partial charge in [-0.25, -0.2) is 15.2 Å². The van der Waals surface area contributed by atoms with Crippen LogP contribution in [0.3, 0.4) is 0 Å². The van der Waals surface area contributed by atoms with Crippen molar-refractivity contribution in [2.75, 3.05) is 18.4 Å². The monoisotopic (exact) mass is 460 g/mol. The molecule has 1 aliphatic rings. The summed E-state index contributed by atoms with van der Waals surface area (Å²) in [5, 5.41) is 6.79. The van der Waals surface area contributed by atoms with Crippen molar-refractivity contribution in [3.05, 3.63) is 58.3 Å². The van der Waals surface area contributed by atoms with E-state index < -0.39 is 6.03 Å². The highest BCUT2D eigenvalue weighted by atomic mass is 35.5. The topological polar surface area (TPSA) is 100 Å². The van der Waals surface area contributed by atoms with Crippen molar-refractivity contribution in [3.8, 4) is 0 Å². The van der Waals surface area contributed by atoms with Gasteiger partial charge in [0.15, 0.2) is 0 Å². The van der Waals surface area contributed by atoms with Crippen molar-refractivity contribution >= 4 is 51.9 Å². The first-order chi connectivity index (χ1) is 15.0. The van der Waals surface area contributed by atoms with E-state index in [9.17, 15) is 9.59 Å². The number of nitrogens with zero attached hydrogens (tertiary/aromatic N) is 2. The van der Waals surface area contributed by atoms with Crippen molar-refractivity contribution < 1.29 is 9.59 Å². The minimum Gasteiger partial charge on any atom is -0.318 e. The number of benzene rings is 2. The number of aromatic nitrogens is 2. The number of rotatable bonds is 4. The minimum absolute atomic E-state index is 0.0145. The van der Waals surface area contributed by atoms with E-state index in [-0.39, 0.29) is 18.4 Å². The summed E-state index contributed by atoms with van der Waals surface area (Å²) in [5.74, 6) is 0.649. The number of nitrogens with one attached hydrogen (secondary N) is 4. The third-order valence-corrected chi connectivity index (χ3v) is 5.90. The van der Waals surface area contributed by atoms with Crippen LogP contribution in [0.25, 0.3) is 11.0 Å². The van der Waals surface area contributed by atoms with E-state index in [0.29, 0.717) is 21.2 Å². The van der Waals surface area contributed by atoms with Crippen LogP contribution in [0.4, 0.5) is 10.5 Å². The fraction of sp³-hybridized carbons (Fsp3) is 0.286. The number of hydrogen-bond donors (Lipinski definition) is 4. The zero-order chi connectivity index (χ0) is 21.8. The first-order valence-corrected chi connectivity index (χ1v) is 10.7. The molecule has 1 fully saturated rings. The molecule has 31 heavy (non-hydrogen) atoms. The smallest absolute Gasteiger partial charge is 0.318 e. The molecule has 0 saturated carbocycles. The Labute approximate surface area is 189 Å². The average molecular weight is 461 g/mol. The number of imidazole rings is 1. The van der Waals surface area contributed by atoms with Crippen molar-refractivity contribution in [1.29, 1.82) is 0 Å². The van der Waals surface area contributed by atoms with Gasteiger partial charge in [-0.05, 0) is 50.2 Å². The Bertz CT molecular complexity index is 1100. The molecular formula is C21H22Cl2N6O2. The van der Waals surface area contributed by atoms with E-state index in [0.717, 1.165) is 37.3 Å². The van der Waals surface area contributed by atoms with Crippen LogP contribution in [-0.2, 0) is 11.3 Å². The van der Waals surface area contributed by atoms with E-state index in [1.54, 1.807) is 36.4 Å². The summed E-state index contributed by atoms with van der Waals surface area (Å²) in [6.07, 6.45) is 1.84. The lowest BCUT2D eigenvalue weighted by Gasteiger charge is -2.23. The number of para-hydroxylation sites is 1. The summed E-state index contributed by atoms with van der Waals surface area (Å²) in [7, 11) is 0. The molecule has 0 atom stereocenters. The number of hydrazine groups is 1. The molecule has 0 radical (unpaired) electrons. The first kappa shape index (κ1) is 21.4. The quantitative estimate of drug-likeness (QED) is 0.446. The highest BCUT2D eigenvalue weighted by Gasteiger charge is 2.24. The summed E-state index contributed by atoms with van der Waals surface area (Å²) in [4.78, 5) is 29.4. The predicted molar refractivity (Wildman–Crippen MR) is 121 cm³/mol. The van der Waals surface area contributed by atoms with Crippen LogP contribution in [0.1, 0.15) is 24.6 Å². The molecular weight excluding hydrogens is 439 g/mol. The van der Waals surface area contributed by atoms with Crippen molar-refractivity contribution in [2.45, 2.75) is 25.3 Å². The normalized spacial score (nSPS) is 14.4. The number of amides is 3. The Balaban J connectivity index is 1.50. The summed E-state index contributed by atoms with van der Waals surface area (Å²) >= 11 is 12.4. The Morgan fingerprint density at radius 3 is 2.52 bits per heavy atom. The number of carbonyl (C=O) groups excluding carboxylic acids is 2. The number of halogens is 2. The van der Waals surface area contributed by atoms with Gasteiger partial charge in [0.25, 0.3) is 5.91 Å². The molecule has 0 aliphatic carbocycles. The van der Waals surface area contributed by atoms with Crippen LogP contribution >= 0.6 is 23.2 Å². The molecule has 1 aromatic heterocycles. The van der Waals surface area contributed by atoms with Crippen molar-refractivity contribution in [3.63, 3.8) is 0 Å². The fourth-order valence-electron chi connectivity index (χ4n) is 3.69. The lowest BCUT2D eigenvalue weighted by Crippen LogP contribution is -2.45. The van der Waals surface area contributed by atoms with E-state index >= 15 is 0 Å². The number of anilines is 1. The maximum atomic E-state index is 12.6. The standard InChI is InChI=1S/C21H22Cl2N6O2/c22-15-10-17-18(11-16(15)23)29(20(26-17)13-6-8-24-9-7-13)12-19(30)27-28-21(31)25-14-4-2-1-3-5-14/h1-5,10-11,13,24H,6-9,12H2,(H,27,30)(H2,25,28,31). The summed E-state index contributed by atoms with van der Waals surface area (Å²) in [6, 6.07) is 11.8. The number of fused-ring (bicyclic) bond motifs is 1. The van der Waals surface area contributed by atoms with Crippen LogP contribution in [0.5, 0.6) is 0 Å². The highest BCUT2D eigenvalue weighted by molar-refractivity contribution is 6.42. The minimum atomic E-state index is -0.538. The van der Waals surface area contributed by atoms with Gasteiger partial charge in [-0.1, -0.05) is 41.4 Å². The molecule has 0 spiro atoms. The number of urea groups is 1. The van der Waals surface area contributed by atoms with Crippen LogP contribution in [0.2, 0.25) is 10.0 Å². The van der Waals surface area contributed by atoms with Gasteiger partial charge in [-0.3, -0.25) is 10.2 Å². The maximum absolute atomic E-state index is 12.6. The van der Waals surface area contributed by atoms with E-state index in [4.69, 9.17) is 28.2 Å². The zero-order valence-corrected chi connectivity index (χ0v) is 18.1. The Kier molecular flexibility index (Phi) is 6.60. The molecule has 1 saturated heterocycles. The molecule has 2 aromatic carbocycles. The lowest BCUT2D eigenvalue weighted by atomic mass is 9.97. The van der Waals surface area contributed by atoms with Gasteiger partial charge in [0.05, 0.1) is 21.1 Å². The third-order valence-electron chi connectivity index (χ3n) is 5.17. The second kappa shape index (κ2) is 9.55. The van der Waals surface area contributed by atoms with Crippen LogP contribution < -0.4 is 21.5 Å². The summed E-state index contributed by atoms with van der Waals surface area (Å²) in [5.41, 5.74) is 6.85. The van der Waals surface area contributed by atoms with Gasteiger partial charge >= 0.3 is 6.03 Å². The summed E-state index contributed by atoms with van der Waals surface area (Å²) < 4.78 is 1.85. The molecule has 162 valence electrons. The second-order valence-electron chi connectivity index (χ2n) is 7.33. The van der Waals surface area contributed by atoms with Crippen molar-refractivity contribution in [1.82, 2.24) is 25.7 Å². The molecule has 2 heterocycles. The van der Waals surface area contributed by atoms with Crippen LogP contribution in [-0.4, -0.2) is 34.6 Å². The predicted octanol–water partition coefficient (Wildman–Crippen LogP) is 3.66. The average Bonchev–Trinajstić information content (AvgIpc) is 3.11. The van der Waals surface area contributed by atoms with Gasteiger partial charge in [-0.2, -0.15) is 0 Å². The zero-order valence-electron chi connectivity index (χ0n) is 16.6. The Morgan fingerprint density at radius 2 is 1.77 bits per heavy atom. The van der Waals surface area contributed by atoms with Gasteiger partial charge in [0, 0.05) is 11.6 Å². The molecule has 8 nitrogen and oxygen atoms in total. The van der Waals surface area contributed by atoms with Crippen LogP contribution in [0, 0.1) is 0 Å². The Morgan fingerprint density at radius 1 is 1.06 bits per heavy atom. The largest absolute Gasteiger partial charge is 0.337 e. The Hall–Kier alpha value is -2.81. The molecule has 1 aliphatic heterocycles. The SMILES string of the molecule is O=C(Cn1c(C2CCNCC2)nc2cc(Cl)c(Cl)cc21)NNC(=O)Nc1ccccc1. The van der Waals surface area contributed by atoms with Gasteiger partial charge in [0.1, 0.15) is 12.4 Å². The number of piperidine rings is 1.